The van der Waals surface area contributed by atoms with Crippen molar-refractivity contribution in [2.24, 2.45) is 0 Å². The molecular formula is C25H32O. The number of ketones is 1. The Morgan fingerprint density at radius 2 is 1.54 bits per heavy atom. The van der Waals surface area contributed by atoms with Crippen LogP contribution in [0.1, 0.15) is 82.4 Å². The highest BCUT2D eigenvalue weighted by atomic mass is 16.1. The van der Waals surface area contributed by atoms with Crippen molar-refractivity contribution >= 4 is 5.78 Å². The van der Waals surface area contributed by atoms with Gasteiger partial charge in [-0.2, -0.15) is 0 Å². The lowest BCUT2D eigenvalue weighted by atomic mass is 9.69. The first kappa shape index (κ1) is 18.9. The molecule has 2 aromatic carbocycles. The molecule has 1 heteroatoms. The Labute approximate surface area is 158 Å². The lowest BCUT2D eigenvalue weighted by Gasteiger charge is -2.34. The van der Waals surface area contributed by atoms with Gasteiger partial charge < -0.3 is 4.79 Å². The molecule has 0 aromatic heterocycles. The number of Topliss-reactive ketones (excluding diaryl/α,β-unsaturated/α-hetero) is 1. The molecule has 0 aliphatic heterocycles. The lowest BCUT2D eigenvalue weighted by Crippen LogP contribution is -2.27. The van der Waals surface area contributed by atoms with Crippen LogP contribution in [-0.4, -0.2) is 5.78 Å². The molecule has 0 bridgehead atoms. The van der Waals surface area contributed by atoms with E-state index >= 15 is 0 Å². The number of aryl methyl sites for hydroxylation is 1. The standard InChI is InChI=1S/C25H32O/c1-4-6-17-25(18-7-5-2)23-14-9-8-12-21(23)22-13-10-11-20(24(22)25)16-15-19(3)26/h8-14H,4-7,15-18H2,1-3H3. The zero-order chi connectivity index (χ0) is 18.6. The molecule has 0 heterocycles. The number of fused-ring (bicyclic) bond motifs is 3. The topological polar surface area (TPSA) is 17.1 Å². The van der Waals surface area contributed by atoms with Crippen molar-refractivity contribution in [1.82, 2.24) is 0 Å². The second kappa shape index (κ2) is 8.20. The summed E-state index contributed by atoms with van der Waals surface area (Å²) in [6.07, 6.45) is 8.88. The largest absolute Gasteiger partial charge is 0.300 e. The third kappa shape index (κ3) is 3.37. The van der Waals surface area contributed by atoms with Crippen molar-refractivity contribution in [2.75, 3.05) is 0 Å². The van der Waals surface area contributed by atoms with Crippen LogP contribution in [0.25, 0.3) is 11.1 Å². The summed E-state index contributed by atoms with van der Waals surface area (Å²) >= 11 is 0. The fourth-order valence-corrected chi connectivity index (χ4v) is 4.78. The maximum Gasteiger partial charge on any atom is 0.130 e. The van der Waals surface area contributed by atoms with Crippen LogP contribution in [0.5, 0.6) is 0 Å². The first-order valence-electron chi connectivity index (χ1n) is 10.4. The smallest absolute Gasteiger partial charge is 0.130 e. The van der Waals surface area contributed by atoms with Gasteiger partial charge in [0.15, 0.2) is 0 Å². The summed E-state index contributed by atoms with van der Waals surface area (Å²) in [5, 5.41) is 0. The summed E-state index contributed by atoms with van der Waals surface area (Å²) in [6.45, 7) is 6.28. The third-order valence-electron chi connectivity index (χ3n) is 6.02. The zero-order valence-electron chi connectivity index (χ0n) is 16.6. The fraction of sp³-hybridized carbons (Fsp3) is 0.480. The predicted molar refractivity (Wildman–Crippen MR) is 111 cm³/mol. The van der Waals surface area contributed by atoms with Gasteiger partial charge in [-0.3, -0.25) is 0 Å². The van der Waals surface area contributed by atoms with Crippen molar-refractivity contribution in [3.8, 4) is 11.1 Å². The molecular weight excluding hydrogens is 316 g/mol. The number of hydrogen-bond acceptors (Lipinski definition) is 1. The maximum absolute atomic E-state index is 11.6. The minimum absolute atomic E-state index is 0.130. The Morgan fingerprint density at radius 1 is 0.885 bits per heavy atom. The monoisotopic (exact) mass is 348 g/mol. The Balaban J connectivity index is 2.18. The van der Waals surface area contributed by atoms with Gasteiger partial charge in [0.1, 0.15) is 5.78 Å². The molecule has 0 radical (unpaired) electrons. The van der Waals surface area contributed by atoms with Crippen molar-refractivity contribution < 1.29 is 4.79 Å². The SMILES string of the molecule is CCCCC1(CCCC)c2ccccc2-c2cccc(CCC(C)=O)c21. The van der Waals surface area contributed by atoms with Crippen LogP contribution < -0.4 is 0 Å². The van der Waals surface area contributed by atoms with E-state index < -0.39 is 0 Å². The van der Waals surface area contributed by atoms with Gasteiger partial charge >= 0.3 is 0 Å². The zero-order valence-corrected chi connectivity index (χ0v) is 16.6. The van der Waals surface area contributed by atoms with Crippen LogP contribution in [-0.2, 0) is 16.6 Å². The predicted octanol–water partition coefficient (Wildman–Crippen LogP) is 6.86. The first-order chi connectivity index (χ1) is 12.6. The number of carbonyl (C=O) groups is 1. The molecule has 26 heavy (non-hydrogen) atoms. The van der Waals surface area contributed by atoms with E-state index in [0.717, 1.165) is 6.42 Å². The Kier molecular flexibility index (Phi) is 5.96. The lowest BCUT2D eigenvalue weighted by molar-refractivity contribution is -0.116. The van der Waals surface area contributed by atoms with Gasteiger partial charge in [0.05, 0.1) is 0 Å². The number of rotatable bonds is 9. The van der Waals surface area contributed by atoms with Crippen LogP contribution in [0, 0.1) is 0 Å². The number of benzene rings is 2. The van der Waals surface area contributed by atoms with E-state index in [4.69, 9.17) is 0 Å². The van der Waals surface area contributed by atoms with E-state index in [2.05, 4.69) is 56.3 Å². The van der Waals surface area contributed by atoms with E-state index in [1.54, 1.807) is 6.92 Å². The molecule has 0 N–H and O–H groups in total. The molecule has 0 unspecified atom stereocenters. The quantitative estimate of drug-likeness (QED) is 0.484. The van der Waals surface area contributed by atoms with Gasteiger partial charge in [-0.05, 0) is 54.0 Å². The molecule has 1 aliphatic carbocycles. The van der Waals surface area contributed by atoms with Crippen molar-refractivity contribution in [1.29, 1.82) is 0 Å². The summed E-state index contributed by atoms with van der Waals surface area (Å²) in [5.41, 5.74) is 7.40. The van der Waals surface area contributed by atoms with E-state index in [1.807, 2.05) is 0 Å². The highest BCUT2D eigenvalue weighted by molar-refractivity contribution is 5.83. The van der Waals surface area contributed by atoms with Crippen LogP contribution in [0.15, 0.2) is 42.5 Å². The number of carbonyl (C=O) groups excluding carboxylic acids is 1. The van der Waals surface area contributed by atoms with E-state index in [0.29, 0.717) is 6.42 Å². The molecule has 1 aliphatic rings. The van der Waals surface area contributed by atoms with Crippen LogP contribution in [0.3, 0.4) is 0 Å². The summed E-state index contributed by atoms with van der Waals surface area (Å²) < 4.78 is 0. The molecule has 1 nitrogen and oxygen atoms in total. The molecule has 138 valence electrons. The van der Waals surface area contributed by atoms with Gasteiger partial charge in [-0.15, -0.1) is 0 Å². The first-order valence-corrected chi connectivity index (χ1v) is 10.4. The maximum atomic E-state index is 11.6. The van der Waals surface area contributed by atoms with Crippen LogP contribution in [0.4, 0.5) is 0 Å². The third-order valence-corrected chi connectivity index (χ3v) is 6.02. The second-order valence-electron chi connectivity index (χ2n) is 7.88. The molecule has 3 rings (SSSR count). The number of hydrogen-bond donors (Lipinski definition) is 0. The average molecular weight is 349 g/mol. The Bertz CT molecular complexity index is 763. The normalized spacial score (nSPS) is 14.1. The summed E-state index contributed by atoms with van der Waals surface area (Å²) in [7, 11) is 0. The Morgan fingerprint density at radius 3 is 2.19 bits per heavy atom. The van der Waals surface area contributed by atoms with Gasteiger partial charge in [-0.1, -0.05) is 82.0 Å². The molecule has 0 fully saturated rings. The van der Waals surface area contributed by atoms with Crippen molar-refractivity contribution in [3.63, 3.8) is 0 Å². The highest BCUT2D eigenvalue weighted by Crippen LogP contribution is 2.55. The average Bonchev–Trinajstić information content (AvgIpc) is 2.94. The molecule has 0 spiro atoms. The molecule has 0 saturated carbocycles. The van der Waals surface area contributed by atoms with Gasteiger partial charge in [0, 0.05) is 11.8 Å². The summed E-state index contributed by atoms with van der Waals surface area (Å²) in [6, 6.07) is 15.8. The second-order valence-corrected chi connectivity index (χ2v) is 7.88. The molecule has 0 saturated heterocycles. The molecule has 0 amide bonds. The van der Waals surface area contributed by atoms with E-state index in [1.165, 1.54) is 66.3 Å². The summed E-state index contributed by atoms with van der Waals surface area (Å²) in [4.78, 5) is 11.6. The molecule has 2 aromatic rings. The van der Waals surface area contributed by atoms with E-state index in [9.17, 15) is 4.79 Å². The fourth-order valence-electron chi connectivity index (χ4n) is 4.78. The van der Waals surface area contributed by atoms with Crippen molar-refractivity contribution in [3.05, 3.63) is 59.2 Å². The highest BCUT2D eigenvalue weighted by Gasteiger charge is 2.43. The molecule has 0 atom stereocenters. The minimum atomic E-state index is 0.130. The number of unbranched alkanes of at least 4 members (excludes halogenated alkanes) is 2. The Hall–Kier alpha value is -1.89. The van der Waals surface area contributed by atoms with Crippen LogP contribution >= 0.6 is 0 Å². The van der Waals surface area contributed by atoms with Crippen molar-refractivity contribution in [2.45, 2.75) is 77.6 Å². The van der Waals surface area contributed by atoms with Gasteiger partial charge in [-0.25, -0.2) is 0 Å². The van der Waals surface area contributed by atoms with Gasteiger partial charge in [0.2, 0.25) is 0 Å². The van der Waals surface area contributed by atoms with Crippen LogP contribution in [0.2, 0.25) is 0 Å². The van der Waals surface area contributed by atoms with Gasteiger partial charge in [0.25, 0.3) is 0 Å². The summed E-state index contributed by atoms with van der Waals surface area (Å²) in [5.74, 6) is 0.283. The minimum Gasteiger partial charge on any atom is -0.300 e. The van der Waals surface area contributed by atoms with E-state index in [-0.39, 0.29) is 11.2 Å².